The van der Waals surface area contributed by atoms with E-state index in [2.05, 4.69) is 0 Å². The molecule has 3 nitrogen and oxygen atoms in total. The molecule has 0 amide bonds. The lowest BCUT2D eigenvalue weighted by Gasteiger charge is -2.18. The van der Waals surface area contributed by atoms with Gasteiger partial charge in [-0.3, -0.25) is 0 Å². The summed E-state index contributed by atoms with van der Waals surface area (Å²) in [6, 6.07) is 13.0. The fraction of sp³-hybridized carbons (Fsp3) is 0.286. The summed E-state index contributed by atoms with van der Waals surface area (Å²) >= 11 is 0. The molecule has 0 fully saturated rings. The van der Waals surface area contributed by atoms with E-state index in [9.17, 15) is 8.42 Å². The Hall–Kier alpha value is -1.39. The maximum Gasteiger partial charge on any atom is 0.243 e. The molecule has 4 heteroatoms. The first-order valence-corrected chi connectivity index (χ1v) is 7.53. The zero-order valence-corrected chi connectivity index (χ0v) is 11.4. The summed E-state index contributed by atoms with van der Waals surface area (Å²) in [5, 5.41) is 0. The average Bonchev–Trinajstić information content (AvgIpc) is 2.61. The molecule has 0 saturated carbocycles. The van der Waals surface area contributed by atoms with Gasteiger partial charge in [0.15, 0.2) is 0 Å². The fourth-order valence-electron chi connectivity index (χ4n) is 2.11. The predicted molar refractivity (Wildman–Crippen MR) is 73.2 cm³/mol. The van der Waals surface area contributed by atoms with Gasteiger partial charge in [-0.25, -0.2) is 8.42 Å². The van der Waals surface area contributed by atoms with Crippen molar-refractivity contribution in [2.24, 2.45) is 0 Å². The molecule has 0 atom stereocenters. The number of hydrogen-bond acceptors (Lipinski definition) is 2. The van der Waals surface area contributed by atoms with Gasteiger partial charge in [-0.15, -0.1) is 0 Å². The summed E-state index contributed by atoms with van der Waals surface area (Å²) in [6.07, 6.45) is 0. The van der Waals surface area contributed by atoms with E-state index in [1.54, 1.807) is 6.07 Å². The number of hydrogen-bond donors (Lipinski definition) is 0. The Bertz CT molecular complexity index is 603. The molecule has 2 aliphatic rings. The molecular weight excluding hydrogens is 246 g/mol. The van der Waals surface area contributed by atoms with Gasteiger partial charge in [-0.2, -0.15) is 4.31 Å². The average molecular weight is 263 g/mol. The lowest BCUT2D eigenvalue weighted by atomic mass is 10.2. The van der Waals surface area contributed by atoms with Gasteiger partial charge in [0.05, 0.1) is 4.90 Å². The first kappa shape index (κ1) is 13.1. The highest BCUT2D eigenvalue weighted by Crippen LogP contribution is 2.32. The molecule has 0 aromatic heterocycles. The summed E-state index contributed by atoms with van der Waals surface area (Å²) in [5.41, 5.74) is 1.73. The number of sulfonamides is 1. The van der Waals surface area contributed by atoms with Crippen LogP contribution >= 0.6 is 0 Å². The number of rotatable bonds is 4. The van der Waals surface area contributed by atoms with Crippen LogP contribution in [-0.4, -0.2) is 25.8 Å². The smallest absolute Gasteiger partial charge is 0.207 e. The van der Waals surface area contributed by atoms with E-state index in [0.717, 1.165) is 11.1 Å². The van der Waals surface area contributed by atoms with Gasteiger partial charge in [-0.1, -0.05) is 50.2 Å². The Kier molecular flexibility index (Phi) is 3.68. The van der Waals surface area contributed by atoms with Crippen molar-refractivity contribution in [1.29, 1.82) is 0 Å². The predicted octanol–water partition coefficient (Wildman–Crippen LogP) is 2.82. The molecule has 0 unspecified atom stereocenters. The Morgan fingerprint density at radius 3 is 2.28 bits per heavy atom. The molecule has 18 heavy (non-hydrogen) atoms. The summed E-state index contributed by atoms with van der Waals surface area (Å²) in [4.78, 5) is 0.400. The second-order valence-corrected chi connectivity index (χ2v) is 5.97. The monoisotopic (exact) mass is 263 g/mol. The maximum absolute atomic E-state index is 12.5. The Labute approximate surface area is 108 Å². The van der Waals surface area contributed by atoms with E-state index >= 15 is 0 Å². The summed E-state index contributed by atoms with van der Waals surface area (Å²) in [7, 11) is -3.38. The van der Waals surface area contributed by atoms with Gasteiger partial charge >= 0.3 is 0 Å². The van der Waals surface area contributed by atoms with Gasteiger partial charge in [0.2, 0.25) is 10.0 Å². The minimum atomic E-state index is -3.38. The molecule has 0 bridgehead atoms. The molecule has 0 aromatic rings. The van der Waals surface area contributed by atoms with E-state index in [0.29, 0.717) is 18.0 Å². The molecule has 2 aliphatic carbocycles. The first-order chi connectivity index (χ1) is 8.61. The largest absolute Gasteiger partial charge is 0.243 e. The summed E-state index contributed by atoms with van der Waals surface area (Å²) in [5.74, 6) is 0. The molecule has 0 N–H and O–H groups in total. The highest BCUT2D eigenvalue weighted by atomic mass is 32.2. The van der Waals surface area contributed by atoms with Crippen LogP contribution in [0.2, 0.25) is 0 Å². The maximum atomic E-state index is 12.5. The molecule has 2 rings (SSSR count). The minimum absolute atomic E-state index is 0.400. The van der Waals surface area contributed by atoms with Crippen LogP contribution in [0.25, 0.3) is 11.1 Å². The molecule has 0 aromatic carbocycles. The van der Waals surface area contributed by atoms with Crippen LogP contribution in [0.4, 0.5) is 0 Å². The number of nitrogens with zero attached hydrogens (tertiary/aromatic N) is 1. The minimum Gasteiger partial charge on any atom is -0.207 e. The third-order valence-electron chi connectivity index (χ3n) is 3.07. The fourth-order valence-corrected chi connectivity index (χ4v) is 3.78. The molecular formula is C14H17NO2S. The normalized spacial score (nSPS) is 12.2. The van der Waals surface area contributed by atoms with Crippen molar-refractivity contribution >= 4 is 10.0 Å². The van der Waals surface area contributed by atoms with Gasteiger partial charge in [-0.05, 0) is 11.6 Å². The Morgan fingerprint density at radius 1 is 0.944 bits per heavy atom. The molecule has 0 radical (unpaired) electrons. The highest BCUT2D eigenvalue weighted by Gasteiger charge is 2.25. The highest BCUT2D eigenvalue weighted by molar-refractivity contribution is 7.89. The van der Waals surface area contributed by atoms with Crippen LogP contribution in [0, 0.1) is 0 Å². The SMILES string of the molecule is CCN(CC)S(=O)(=O)c1ccc2cccccc1-2. The van der Waals surface area contributed by atoms with Crippen molar-refractivity contribution in [2.45, 2.75) is 18.7 Å². The molecule has 0 saturated heterocycles. The lowest BCUT2D eigenvalue weighted by Crippen LogP contribution is -2.30. The molecule has 0 aliphatic heterocycles. The summed E-state index contributed by atoms with van der Waals surface area (Å²) < 4.78 is 26.5. The van der Waals surface area contributed by atoms with E-state index in [4.69, 9.17) is 0 Å². The van der Waals surface area contributed by atoms with Crippen LogP contribution in [-0.2, 0) is 10.0 Å². The van der Waals surface area contributed by atoms with Crippen LogP contribution in [0.3, 0.4) is 0 Å². The zero-order valence-electron chi connectivity index (χ0n) is 10.6. The van der Waals surface area contributed by atoms with Crippen molar-refractivity contribution in [3.05, 3.63) is 42.5 Å². The standard InChI is InChI=1S/C14H17NO2S/c1-3-15(4-2)18(16,17)14-11-10-12-8-6-5-7-9-13(12)14/h5-11H,3-4H2,1-2H3. The van der Waals surface area contributed by atoms with Crippen LogP contribution in [0.1, 0.15) is 13.8 Å². The zero-order chi connectivity index (χ0) is 13.2. The van der Waals surface area contributed by atoms with E-state index in [1.807, 2.05) is 50.2 Å². The second kappa shape index (κ2) is 5.08. The van der Waals surface area contributed by atoms with E-state index in [-0.39, 0.29) is 0 Å². The third-order valence-corrected chi connectivity index (χ3v) is 5.18. The van der Waals surface area contributed by atoms with E-state index in [1.165, 1.54) is 4.31 Å². The van der Waals surface area contributed by atoms with Crippen molar-refractivity contribution in [1.82, 2.24) is 4.31 Å². The van der Waals surface area contributed by atoms with Crippen molar-refractivity contribution in [3.8, 4) is 11.1 Å². The van der Waals surface area contributed by atoms with Gasteiger partial charge in [0, 0.05) is 18.7 Å². The summed E-state index contributed by atoms with van der Waals surface area (Å²) in [6.45, 7) is 4.69. The lowest BCUT2D eigenvalue weighted by molar-refractivity contribution is 0.445. The van der Waals surface area contributed by atoms with E-state index < -0.39 is 10.0 Å². The van der Waals surface area contributed by atoms with Crippen LogP contribution in [0.5, 0.6) is 0 Å². The van der Waals surface area contributed by atoms with Crippen molar-refractivity contribution < 1.29 is 8.42 Å². The van der Waals surface area contributed by atoms with Crippen LogP contribution < -0.4 is 0 Å². The number of fused-ring (bicyclic) bond motifs is 1. The first-order valence-electron chi connectivity index (χ1n) is 6.09. The molecule has 0 heterocycles. The van der Waals surface area contributed by atoms with Gasteiger partial charge in [0.1, 0.15) is 0 Å². The van der Waals surface area contributed by atoms with Gasteiger partial charge < -0.3 is 0 Å². The Balaban J connectivity index is 2.58. The second-order valence-electron chi connectivity index (χ2n) is 4.07. The topological polar surface area (TPSA) is 37.4 Å². The quantitative estimate of drug-likeness (QED) is 0.850. The molecule has 96 valence electrons. The van der Waals surface area contributed by atoms with Crippen molar-refractivity contribution in [2.75, 3.05) is 13.1 Å². The Morgan fingerprint density at radius 2 is 1.61 bits per heavy atom. The third kappa shape index (κ3) is 2.13. The van der Waals surface area contributed by atoms with Crippen molar-refractivity contribution in [3.63, 3.8) is 0 Å². The van der Waals surface area contributed by atoms with Crippen LogP contribution in [0.15, 0.2) is 47.4 Å². The molecule has 0 spiro atoms. The van der Waals surface area contributed by atoms with Gasteiger partial charge in [0.25, 0.3) is 0 Å².